The van der Waals surface area contributed by atoms with E-state index in [1.807, 2.05) is 32.0 Å². The number of pyridine rings is 2. The van der Waals surface area contributed by atoms with Crippen molar-refractivity contribution < 1.29 is 18.5 Å². The van der Waals surface area contributed by atoms with Gasteiger partial charge >= 0.3 is 0 Å². The van der Waals surface area contributed by atoms with Crippen LogP contribution in [0.4, 0.5) is 5.82 Å². The molecule has 1 amide bonds. The van der Waals surface area contributed by atoms with Crippen molar-refractivity contribution in [2.45, 2.75) is 27.3 Å². The Bertz CT molecular complexity index is 1300. The Kier molecular flexibility index (Phi) is 5.55. The highest BCUT2D eigenvalue weighted by Gasteiger charge is 2.21. The Morgan fingerprint density at radius 2 is 1.97 bits per heavy atom. The van der Waals surface area contributed by atoms with E-state index in [2.05, 4.69) is 25.3 Å². The molecule has 9 nitrogen and oxygen atoms in total. The minimum absolute atomic E-state index is 0.231. The molecular formula is C24H25N5O4. The molecule has 0 saturated carbocycles. The van der Waals surface area contributed by atoms with Crippen molar-refractivity contribution in [3.63, 3.8) is 0 Å². The van der Waals surface area contributed by atoms with E-state index in [4.69, 9.17) is 13.7 Å². The van der Waals surface area contributed by atoms with Crippen LogP contribution >= 0.6 is 0 Å². The monoisotopic (exact) mass is 447 g/mol. The van der Waals surface area contributed by atoms with Crippen LogP contribution in [0, 0.1) is 20.8 Å². The number of nitrogens with zero attached hydrogens (tertiary/aromatic N) is 4. The second-order valence-corrected chi connectivity index (χ2v) is 8.14. The van der Waals surface area contributed by atoms with Crippen LogP contribution in [0.1, 0.15) is 33.1 Å². The lowest BCUT2D eigenvalue weighted by Crippen LogP contribution is -2.36. The summed E-state index contributed by atoms with van der Waals surface area (Å²) in [7, 11) is 0. The average Bonchev–Trinajstić information content (AvgIpc) is 3.38. The first kappa shape index (κ1) is 21.1. The van der Waals surface area contributed by atoms with Crippen molar-refractivity contribution in [1.82, 2.24) is 20.4 Å². The minimum atomic E-state index is -0.231. The highest BCUT2D eigenvalue weighted by Crippen LogP contribution is 2.30. The predicted octanol–water partition coefficient (Wildman–Crippen LogP) is 3.57. The fourth-order valence-electron chi connectivity index (χ4n) is 4.08. The average molecular weight is 447 g/mol. The zero-order valence-corrected chi connectivity index (χ0v) is 18.8. The van der Waals surface area contributed by atoms with E-state index in [0.717, 1.165) is 41.6 Å². The summed E-state index contributed by atoms with van der Waals surface area (Å²) in [5.74, 6) is 2.19. The lowest BCUT2D eigenvalue weighted by molar-refractivity contribution is 0.0952. The van der Waals surface area contributed by atoms with Gasteiger partial charge in [0.25, 0.3) is 11.6 Å². The topological polar surface area (TPSA) is 107 Å². The van der Waals surface area contributed by atoms with Crippen LogP contribution in [0.15, 0.2) is 39.4 Å². The lowest BCUT2D eigenvalue weighted by atomic mass is 10.1. The Balaban J connectivity index is 1.38. The Morgan fingerprint density at radius 3 is 2.67 bits per heavy atom. The number of rotatable bonds is 5. The molecule has 4 aromatic heterocycles. The number of hydrogen-bond acceptors (Lipinski definition) is 8. The Labute approximate surface area is 190 Å². The summed E-state index contributed by atoms with van der Waals surface area (Å²) in [6, 6.07) is 7.62. The maximum Gasteiger partial charge on any atom is 0.259 e. The molecule has 5 heterocycles. The SMILES string of the molecule is Cc1cc(-c2cc(C(=O)NCc3ccc(N4CCOCC4)nc3)c3c(C)noc3n2)c(C)o1. The second-order valence-electron chi connectivity index (χ2n) is 8.14. The molecule has 0 aliphatic carbocycles. The zero-order valence-electron chi connectivity index (χ0n) is 18.8. The van der Waals surface area contributed by atoms with Gasteiger partial charge in [0, 0.05) is 31.4 Å². The van der Waals surface area contributed by atoms with E-state index in [9.17, 15) is 4.79 Å². The quantitative estimate of drug-likeness (QED) is 0.495. The van der Waals surface area contributed by atoms with Crippen molar-refractivity contribution in [3.05, 3.63) is 58.8 Å². The van der Waals surface area contributed by atoms with Gasteiger partial charge in [-0.3, -0.25) is 4.79 Å². The summed E-state index contributed by atoms with van der Waals surface area (Å²) in [5.41, 5.74) is 3.74. The second kappa shape index (κ2) is 8.67. The number of nitrogens with one attached hydrogen (secondary N) is 1. The van der Waals surface area contributed by atoms with Crippen LogP contribution in [-0.4, -0.2) is 47.3 Å². The highest BCUT2D eigenvalue weighted by molar-refractivity contribution is 6.07. The maximum absolute atomic E-state index is 13.2. The summed E-state index contributed by atoms with van der Waals surface area (Å²) in [6.07, 6.45) is 1.79. The predicted molar refractivity (Wildman–Crippen MR) is 122 cm³/mol. The molecule has 0 aromatic carbocycles. The number of fused-ring (bicyclic) bond motifs is 1. The van der Waals surface area contributed by atoms with Crippen molar-refractivity contribution >= 4 is 22.8 Å². The number of carbonyl (C=O) groups excluding carboxylic acids is 1. The molecule has 1 aliphatic rings. The van der Waals surface area contributed by atoms with Gasteiger partial charge in [0.15, 0.2) is 0 Å². The third kappa shape index (κ3) is 4.19. The third-order valence-corrected chi connectivity index (χ3v) is 5.78. The van der Waals surface area contributed by atoms with Gasteiger partial charge in [-0.05, 0) is 44.5 Å². The lowest BCUT2D eigenvalue weighted by Gasteiger charge is -2.27. The number of ether oxygens (including phenoxy) is 1. The van der Waals surface area contributed by atoms with E-state index in [0.29, 0.717) is 47.8 Å². The van der Waals surface area contributed by atoms with Crippen LogP contribution in [0.2, 0.25) is 0 Å². The molecule has 1 fully saturated rings. The van der Waals surface area contributed by atoms with Crippen molar-refractivity contribution in [2.24, 2.45) is 0 Å². The van der Waals surface area contributed by atoms with Gasteiger partial charge in [0.1, 0.15) is 17.3 Å². The number of aromatic nitrogens is 3. The number of anilines is 1. The van der Waals surface area contributed by atoms with E-state index in [1.54, 1.807) is 19.2 Å². The van der Waals surface area contributed by atoms with E-state index in [1.165, 1.54) is 0 Å². The summed E-state index contributed by atoms with van der Waals surface area (Å²) in [4.78, 5) is 24.5. The van der Waals surface area contributed by atoms with Crippen LogP contribution in [0.3, 0.4) is 0 Å². The molecule has 1 saturated heterocycles. The van der Waals surface area contributed by atoms with E-state index >= 15 is 0 Å². The molecule has 0 bridgehead atoms. The number of hydrogen-bond donors (Lipinski definition) is 1. The summed E-state index contributed by atoms with van der Waals surface area (Å²) < 4.78 is 16.4. The van der Waals surface area contributed by atoms with Gasteiger partial charge in [0.05, 0.1) is 35.6 Å². The number of amides is 1. The van der Waals surface area contributed by atoms with Crippen molar-refractivity contribution in [1.29, 1.82) is 0 Å². The third-order valence-electron chi connectivity index (χ3n) is 5.78. The fourth-order valence-corrected chi connectivity index (χ4v) is 4.08. The molecule has 1 N–H and O–H groups in total. The fraction of sp³-hybridized carbons (Fsp3) is 0.333. The van der Waals surface area contributed by atoms with Crippen LogP contribution in [-0.2, 0) is 11.3 Å². The minimum Gasteiger partial charge on any atom is -0.466 e. The summed E-state index contributed by atoms with van der Waals surface area (Å²) >= 11 is 0. The molecule has 170 valence electrons. The normalized spacial score (nSPS) is 14.1. The van der Waals surface area contributed by atoms with Crippen molar-refractivity contribution in [2.75, 3.05) is 31.2 Å². The van der Waals surface area contributed by atoms with Gasteiger partial charge in [-0.1, -0.05) is 11.2 Å². The van der Waals surface area contributed by atoms with Crippen LogP contribution < -0.4 is 10.2 Å². The number of furan rings is 1. The maximum atomic E-state index is 13.2. The molecule has 1 aliphatic heterocycles. The largest absolute Gasteiger partial charge is 0.466 e. The summed E-state index contributed by atoms with van der Waals surface area (Å²) in [5, 5.41) is 7.60. The molecule has 0 atom stereocenters. The summed E-state index contributed by atoms with van der Waals surface area (Å²) in [6.45, 7) is 8.97. The first-order chi connectivity index (χ1) is 16.0. The van der Waals surface area contributed by atoms with Crippen molar-refractivity contribution in [3.8, 4) is 11.3 Å². The molecule has 33 heavy (non-hydrogen) atoms. The standard InChI is InChI=1S/C24H25N5O4/c1-14-10-18(16(3)32-14)20-11-19(22-15(2)28-33-24(22)27-20)23(30)26-13-17-4-5-21(25-12-17)29-6-8-31-9-7-29/h4-5,10-12H,6-9,13H2,1-3H3,(H,26,30). The highest BCUT2D eigenvalue weighted by atomic mass is 16.5. The zero-order chi connectivity index (χ0) is 22.9. The first-order valence-corrected chi connectivity index (χ1v) is 10.9. The van der Waals surface area contributed by atoms with E-state index in [-0.39, 0.29) is 5.91 Å². The Hall–Kier alpha value is -3.72. The van der Waals surface area contributed by atoms with Crippen LogP contribution in [0.25, 0.3) is 22.4 Å². The molecule has 4 aromatic rings. The smallest absolute Gasteiger partial charge is 0.259 e. The number of morpholine rings is 1. The molecular weight excluding hydrogens is 422 g/mol. The van der Waals surface area contributed by atoms with Gasteiger partial charge in [-0.25, -0.2) is 9.97 Å². The van der Waals surface area contributed by atoms with Crippen LogP contribution in [0.5, 0.6) is 0 Å². The van der Waals surface area contributed by atoms with Gasteiger partial charge in [-0.15, -0.1) is 0 Å². The van der Waals surface area contributed by atoms with E-state index < -0.39 is 0 Å². The molecule has 9 heteroatoms. The molecule has 5 rings (SSSR count). The van der Waals surface area contributed by atoms with Gasteiger partial charge < -0.3 is 23.9 Å². The van der Waals surface area contributed by atoms with Gasteiger partial charge in [-0.2, -0.15) is 0 Å². The number of carbonyl (C=O) groups is 1. The molecule has 0 unspecified atom stereocenters. The van der Waals surface area contributed by atoms with Gasteiger partial charge in [0.2, 0.25) is 0 Å². The molecule has 0 radical (unpaired) electrons. The molecule has 0 spiro atoms. The number of aryl methyl sites for hydroxylation is 3. The first-order valence-electron chi connectivity index (χ1n) is 10.9. The Morgan fingerprint density at radius 1 is 1.15 bits per heavy atom.